The van der Waals surface area contributed by atoms with Gasteiger partial charge in [0.15, 0.2) is 0 Å². The first-order chi connectivity index (χ1) is 9.56. The summed E-state index contributed by atoms with van der Waals surface area (Å²) in [6.07, 6.45) is 1.58. The van der Waals surface area contributed by atoms with E-state index in [1.807, 2.05) is 4.90 Å². The molecule has 0 radical (unpaired) electrons. The molecule has 1 amide bonds. The van der Waals surface area contributed by atoms with E-state index in [2.05, 4.69) is 0 Å². The van der Waals surface area contributed by atoms with E-state index in [-0.39, 0.29) is 18.6 Å². The number of anilines is 2. The van der Waals surface area contributed by atoms with Gasteiger partial charge in [0, 0.05) is 6.54 Å². The molecule has 0 saturated carbocycles. The largest absolute Gasteiger partial charge is 0.462 e. The van der Waals surface area contributed by atoms with Gasteiger partial charge in [0.05, 0.1) is 23.5 Å². The smallest absolute Gasteiger partial charge is 0.340 e. The summed E-state index contributed by atoms with van der Waals surface area (Å²) in [5, 5.41) is 0. The van der Waals surface area contributed by atoms with Gasteiger partial charge in [-0.1, -0.05) is 6.07 Å². The Kier molecular flexibility index (Phi) is 4.12. The molecule has 1 atom stereocenters. The highest BCUT2D eigenvalue weighted by molar-refractivity contribution is 5.99. The molecule has 1 aromatic carbocycles. The lowest BCUT2D eigenvalue weighted by atomic mass is 10.1. The second kappa shape index (κ2) is 5.81. The number of carbonyl (C=O) groups excluding carboxylic acids is 2. The fraction of sp³-hybridized carbons (Fsp3) is 0.429. The number of ether oxygens (including phenoxy) is 1. The lowest BCUT2D eigenvalue weighted by Gasteiger charge is -2.26. The molecule has 2 rings (SSSR count). The summed E-state index contributed by atoms with van der Waals surface area (Å²) < 4.78 is 4.97. The fourth-order valence-electron chi connectivity index (χ4n) is 2.54. The van der Waals surface area contributed by atoms with Gasteiger partial charge < -0.3 is 21.1 Å². The van der Waals surface area contributed by atoms with Crippen molar-refractivity contribution in [2.75, 3.05) is 23.8 Å². The van der Waals surface area contributed by atoms with E-state index < -0.39 is 5.97 Å². The number of amides is 1. The molecule has 4 N–H and O–H groups in total. The van der Waals surface area contributed by atoms with Crippen LogP contribution in [-0.4, -0.2) is 31.1 Å². The molecule has 1 aliphatic rings. The van der Waals surface area contributed by atoms with E-state index in [9.17, 15) is 9.59 Å². The highest BCUT2D eigenvalue weighted by Crippen LogP contribution is 2.32. The van der Waals surface area contributed by atoms with Gasteiger partial charge in [0.2, 0.25) is 5.91 Å². The van der Waals surface area contributed by atoms with Crippen molar-refractivity contribution in [1.29, 1.82) is 0 Å². The summed E-state index contributed by atoms with van der Waals surface area (Å²) in [6, 6.07) is 4.77. The van der Waals surface area contributed by atoms with Gasteiger partial charge in [-0.3, -0.25) is 4.79 Å². The molecule has 0 aromatic heterocycles. The first-order valence-corrected chi connectivity index (χ1v) is 6.67. The van der Waals surface area contributed by atoms with E-state index >= 15 is 0 Å². The first-order valence-electron chi connectivity index (χ1n) is 6.67. The van der Waals surface area contributed by atoms with E-state index in [0.29, 0.717) is 29.9 Å². The average Bonchev–Trinajstić information content (AvgIpc) is 2.88. The van der Waals surface area contributed by atoms with Crippen LogP contribution in [0.3, 0.4) is 0 Å². The third-order valence-corrected chi connectivity index (χ3v) is 3.47. The third kappa shape index (κ3) is 2.54. The van der Waals surface area contributed by atoms with E-state index in [1.165, 1.54) is 0 Å². The Bertz CT molecular complexity index is 530. The van der Waals surface area contributed by atoms with Crippen molar-refractivity contribution >= 4 is 23.3 Å². The number of esters is 1. The van der Waals surface area contributed by atoms with Crippen molar-refractivity contribution in [3.63, 3.8) is 0 Å². The first kappa shape index (κ1) is 14.2. The number of nitrogen functional groups attached to an aromatic ring is 1. The predicted molar refractivity (Wildman–Crippen MR) is 76.4 cm³/mol. The molecule has 1 heterocycles. The summed E-state index contributed by atoms with van der Waals surface area (Å²) in [4.78, 5) is 25.2. The van der Waals surface area contributed by atoms with Crippen molar-refractivity contribution in [3.05, 3.63) is 23.8 Å². The van der Waals surface area contributed by atoms with Crippen LogP contribution in [0, 0.1) is 0 Å². The fourth-order valence-corrected chi connectivity index (χ4v) is 2.54. The van der Waals surface area contributed by atoms with Crippen molar-refractivity contribution in [1.82, 2.24) is 0 Å². The van der Waals surface area contributed by atoms with Crippen LogP contribution in [-0.2, 0) is 9.53 Å². The van der Waals surface area contributed by atoms with Gasteiger partial charge in [0.25, 0.3) is 0 Å². The summed E-state index contributed by atoms with van der Waals surface area (Å²) in [5.41, 5.74) is 12.8. The molecule has 0 aliphatic carbocycles. The van der Waals surface area contributed by atoms with Gasteiger partial charge in [-0.2, -0.15) is 0 Å². The summed E-state index contributed by atoms with van der Waals surface area (Å²) in [5.74, 6) is -0.829. The minimum absolute atomic E-state index is 0.288. The molecular weight excluding hydrogens is 258 g/mol. The van der Waals surface area contributed by atoms with Gasteiger partial charge in [-0.25, -0.2) is 4.79 Å². The maximum absolute atomic E-state index is 11.8. The number of primary amides is 1. The molecule has 1 fully saturated rings. The molecule has 1 saturated heterocycles. The lowest BCUT2D eigenvalue weighted by molar-refractivity contribution is -0.119. The number of nitrogens with two attached hydrogens (primary N) is 2. The second-order valence-electron chi connectivity index (χ2n) is 4.71. The van der Waals surface area contributed by atoms with Crippen LogP contribution in [0.2, 0.25) is 0 Å². The Labute approximate surface area is 117 Å². The van der Waals surface area contributed by atoms with Crippen molar-refractivity contribution in [2.24, 2.45) is 5.73 Å². The SMILES string of the molecule is CCOC(=O)c1cccc(N2CCCC2C(N)=O)c1N. The van der Waals surface area contributed by atoms with E-state index in [1.54, 1.807) is 25.1 Å². The summed E-state index contributed by atoms with van der Waals surface area (Å²) in [6.45, 7) is 2.72. The van der Waals surface area contributed by atoms with Crippen LogP contribution in [0.15, 0.2) is 18.2 Å². The number of para-hydroxylation sites is 1. The highest BCUT2D eigenvalue weighted by Gasteiger charge is 2.31. The Morgan fingerprint density at radius 1 is 1.45 bits per heavy atom. The lowest BCUT2D eigenvalue weighted by Crippen LogP contribution is -2.40. The third-order valence-electron chi connectivity index (χ3n) is 3.47. The summed E-state index contributed by atoms with van der Waals surface area (Å²) >= 11 is 0. The maximum Gasteiger partial charge on any atom is 0.340 e. The van der Waals surface area contributed by atoms with E-state index in [4.69, 9.17) is 16.2 Å². The number of hydrogen-bond donors (Lipinski definition) is 2. The maximum atomic E-state index is 11.8. The molecule has 1 aromatic rings. The quantitative estimate of drug-likeness (QED) is 0.629. The molecule has 6 nitrogen and oxygen atoms in total. The Morgan fingerprint density at radius 3 is 2.85 bits per heavy atom. The Morgan fingerprint density at radius 2 is 2.20 bits per heavy atom. The molecular formula is C14H19N3O3. The number of hydrogen-bond acceptors (Lipinski definition) is 5. The topological polar surface area (TPSA) is 98.6 Å². The van der Waals surface area contributed by atoms with Crippen LogP contribution in [0.1, 0.15) is 30.1 Å². The number of benzene rings is 1. The Hall–Kier alpha value is -2.24. The molecule has 0 spiro atoms. The monoisotopic (exact) mass is 277 g/mol. The highest BCUT2D eigenvalue weighted by atomic mass is 16.5. The molecule has 6 heteroatoms. The minimum atomic E-state index is -0.457. The number of nitrogens with zero attached hydrogens (tertiary/aromatic N) is 1. The molecule has 1 unspecified atom stereocenters. The molecule has 0 bridgehead atoms. The standard InChI is InChI=1S/C14H19N3O3/c1-2-20-14(19)9-5-3-6-10(12(9)15)17-8-4-7-11(17)13(16)18/h3,5-6,11H,2,4,7-8,15H2,1H3,(H2,16,18). The van der Waals surface area contributed by atoms with Crippen molar-refractivity contribution < 1.29 is 14.3 Å². The molecule has 108 valence electrons. The van der Waals surface area contributed by atoms with Gasteiger partial charge >= 0.3 is 5.97 Å². The van der Waals surface area contributed by atoms with Crippen molar-refractivity contribution in [3.8, 4) is 0 Å². The Balaban J connectivity index is 2.35. The summed E-state index contributed by atoms with van der Waals surface area (Å²) in [7, 11) is 0. The van der Waals surface area contributed by atoms with Crippen LogP contribution >= 0.6 is 0 Å². The van der Waals surface area contributed by atoms with Crippen LogP contribution in [0.4, 0.5) is 11.4 Å². The second-order valence-corrected chi connectivity index (χ2v) is 4.71. The van der Waals surface area contributed by atoms with Crippen molar-refractivity contribution in [2.45, 2.75) is 25.8 Å². The van der Waals surface area contributed by atoms with Crippen LogP contribution in [0.25, 0.3) is 0 Å². The van der Waals surface area contributed by atoms with Gasteiger partial charge in [-0.05, 0) is 31.9 Å². The number of carbonyl (C=O) groups is 2. The van der Waals surface area contributed by atoms with Gasteiger partial charge in [-0.15, -0.1) is 0 Å². The zero-order valence-electron chi connectivity index (χ0n) is 11.5. The van der Waals surface area contributed by atoms with Crippen LogP contribution < -0.4 is 16.4 Å². The normalized spacial score (nSPS) is 18.1. The van der Waals surface area contributed by atoms with Gasteiger partial charge in [0.1, 0.15) is 6.04 Å². The number of rotatable bonds is 4. The predicted octanol–water partition coefficient (Wildman–Crippen LogP) is 0.900. The zero-order chi connectivity index (χ0) is 14.7. The average molecular weight is 277 g/mol. The molecule has 1 aliphatic heterocycles. The molecule has 20 heavy (non-hydrogen) atoms. The van der Waals surface area contributed by atoms with Crippen LogP contribution in [0.5, 0.6) is 0 Å². The van der Waals surface area contributed by atoms with E-state index in [0.717, 1.165) is 6.42 Å². The zero-order valence-corrected chi connectivity index (χ0v) is 11.5. The minimum Gasteiger partial charge on any atom is -0.462 e.